The predicted octanol–water partition coefficient (Wildman–Crippen LogP) is 4.41. The Bertz CT molecular complexity index is 737. The van der Waals surface area contributed by atoms with E-state index in [1.807, 2.05) is 6.08 Å². The molecule has 0 bridgehead atoms. The van der Waals surface area contributed by atoms with E-state index in [-0.39, 0.29) is 28.4 Å². The summed E-state index contributed by atoms with van der Waals surface area (Å²) in [4.78, 5) is 36.5. The number of carbonyl (C=O) groups excluding carboxylic acids is 3. The van der Waals surface area contributed by atoms with Gasteiger partial charge >= 0.3 is 5.97 Å². The van der Waals surface area contributed by atoms with Crippen LogP contribution in [0.3, 0.4) is 0 Å². The fourth-order valence-corrected chi connectivity index (χ4v) is 7.62. The van der Waals surface area contributed by atoms with Crippen molar-refractivity contribution in [2.45, 2.75) is 84.7 Å². The lowest BCUT2D eigenvalue weighted by molar-refractivity contribution is -0.187. The average Bonchev–Trinajstić information content (AvgIpc) is 2.89. The van der Waals surface area contributed by atoms with E-state index in [9.17, 15) is 14.4 Å². The number of ether oxygens (including phenoxy) is 1. The molecule has 0 spiro atoms. The van der Waals surface area contributed by atoms with E-state index in [0.717, 1.165) is 38.5 Å². The first-order chi connectivity index (χ1) is 12.6. The molecule has 6 atom stereocenters. The quantitative estimate of drug-likeness (QED) is 0.674. The largest absolute Gasteiger partial charge is 0.451 e. The van der Waals surface area contributed by atoms with Crippen LogP contribution < -0.4 is 0 Å². The molecule has 0 N–H and O–H groups in total. The lowest BCUT2D eigenvalue weighted by Gasteiger charge is -2.59. The summed E-state index contributed by atoms with van der Waals surface area (Å²) in [6, 6.07) is 0. The average molecular weight is 373 g/mol. The zero-order valence-corrected chi connectivity index (χ0v) is 17.1. The maximum atomic E-state index is 12.7. The zero-order valence-electron chi connectivity index (χ0n) is 17.1. The number of hydrogen-bond acceptors (Lipinski definition) is 4. The van der Waals surface area contributed by atoms with Gasteiger partial charge in [-0.15, -0.1) is 0 Å². The zero-order chi connectivity index (χ0) is 19.6. The third-order valence-corrected chi connectivity index (χ3v) is 8.97. The van der Waals surface area contributed by atoms with Gasteiger partial charge in [0.15, 0.2) is 17.2 Å². The number of rotatable bonds is 2. The van der Waals surface area contributed by atoms with Gasteiger partial charge in [-0.2, -0.15) is 0 Å². The molecule has 0 amide bonds. The Labute approximate surface area is 162 Å². The molecule has 0 heterocycles. The van der Waals surface area contributed by atoms with E-state index in [1.54, 1.807) is 6.92 Å². The van der Waals surface area contributed by atoms with Gasteiger partial charge in [0.25, 0.3) is 0 Å². The van der Waals surface area contributed by atoms with Gasteiger partial charge in [-0.25, -0.2) is 0 Å². The van der Waals surface area contributed by atoms with E-state index in [4.69, 9.17) is 4.74 Å². The van der Waals surface area contributed by atoms with Crippen LogP contribution in [-0.4, -0.2) is 23.1 Å². The lowest BCUT2D eigenvalue weighted by Crippen LogP contribution is -2.58. The molecule has 0 unspecified atom stereocenters. The molecule has 3 saturated carbocycles. The second-order valence-corrected chi connectivity index (χ2v) is 9.94. The van der Waals surface area contributed by atoms with Crippen molar-refractivity contribution in [3.8, 4) is 0 Å². The SMILES string of the molecule is CC(=O)O[C@@]1(C(C)=O)CC[C@H]2[C@H]3CCC4=CC(=O)CC[C@]4(C)[C@H]3CC[C@@]21C. The standard InChI is InChI=1S/C23H32O4/c1-14(24)23(27-15(2)25)12-9-20-18-6-5-16-13-17(26)7-10-21(16,3)19(18)8-11-22(20,23)4/h13,18-20H,5-12H2,1-4H3/t18-,19-,20-,21-,22-,23+/m0/s1. The number of Topliss-reactive ketones (excluding diaryl/α,β-unsaturated/α-hetero) is 1. The number of ketones is 2. The second-order valence-electron chi connectivity index (χ2n) is 9.94. The van der Waals surface area contributed by atoms with Crippen molar-refractivity contribution in [3.05, 3.63) is 11.6 Å². The van der Waals surface area contributed by atoms with Crippen molar-refractivity contribution in [1.82, 2.24) is 0 Å². The van der Waals surface area contributed by atoms with E-state index in [2.05, 4.69) is 13.8 Å². The lowest BCUT2D eigenvalue weighted by atomic mass is 9.46. The van der Waals surface area contributed by atoms with Crippen molar-refractivity contribution in [1.29, 1.82) is 0 Å². The van der Waals surface area contributed by atoms with E-state index < -0.39 is 5.60 Å². The first-order valence-corrected chi connectivity index (χ1v) is 10.6. The molecular formula is C23H32O4. The minimum Gasteiger partial charge on any atom is -0.451 e. The minimum atomic E-state index is -0.950. The second kappa shape index (κ2) is 6.02. The highest BCUT2D eigenvalue weighted by Gasteiger charge is 2.67. The molecule has 0 aliphatic heterocycles. The molecule has 0 aromatic rings. The first-order valence-electron chi connectivity index (χ1n) is 10.6. The van der Waals surface area contributed by atoms with Gasteiger partial charge in [-0.05, 0) is 81.1 Å². The van der Waals surface area contributed by atoms with Gasteiger partial charge < -0.3 is 4.74 Å². The Morgan fingerprint density at radius 1 is 1.00 bits per heavy atom. The number of fused-ring (bicyclic) bond motifs is 5. The van der Waals surface area contributed by atoms with Crippen LogP contribution in [-0.2, 0) is 19.1 Å². The smallest absolute Gasteiger partial charge is 0.303 e. The summed E-state index contributed by atoms with van der Waals surface area (Å²) in [5, 5.41) is 0. The Morgan fingerprint density at radius 3 is 2.37 bits per heavy atom. The Morgan fingerprint density at radius 2 is 1.70 bits per heavy atom. The number of hydrogen-bond donors (Lipinski definition) is 0. The topological polar surface area (TPSA) is 60.4 Å². The molecule has 0 radical (unpaired) electrons. The number of allylic oxidation sites excluding steroid dienone is 1. The highest BCUT2D eigenvalue weighted by Crippen LogP contribution is 2.68. The van der Waals surface area contributed by atoms with Crippen LogP contribution in [0.5, 0.6) is 0 Å². The molecule has 27 heavy (non-hydrogen) atoms. The molecular weight excluding hydrogens is 340 g/mol. The summed E-state index contributed by atoms with van der Waals surface area (Å²) in [6.45, 7) is 7.58. The molecule has 4 heteroatoms. The highest BCUT2D eigenvalue weighted by molar-refractivity contribution is 5.91. The van der Waals surface area contributed by atoms with Gasteiger partial charge in [0.1, 0.15) is 0 Å². The van der Waals surface area contributed by atoms with E-state index in [1.165, 1.54) is 12.5 Å². The molecule has 4 rings (SSSR count). The van der Waals surface area contributed by atoms with Gasteiger partial charge in [0.2, 0.25) is 0 Å². The Balaban J connectivity index is 1.70. The highest BCUT2D eigenvalue weighted by atomic mass is 16.6. The first kappa shape index (κ1) is 18.9. The van der Waals surface area contributed by atoms with E-state index >= 15 is 0 Å². The van der Waals surface area contributed by atoms with Crippen LogP contribution in [0.1, 0.15) is 79.1 Å². The van der Waals surface area contributed by atoms with Crippen LogP contribution in [0.2, 0.25) is 0 Å². The summed E-state index contributed by atoms with van der Waals surface area (Å²) < 4.78 is 5.81. The molecule has 0 aromatic heterocycles. The van der Waals surface area contributed by atoms with Gasteiger partial charge in [0.05, 0.1) is 0 Å². The van der Waals surface area contributed by atoms with Crippen LogP contribution in [0.25, 0.3) is 0 Å². The Kier molecular flexibility index (Phi) is 4.21. The predicted molar refractivity (Wildman–Crippen MR) is 102 cm³/mol. The van der Waals surface area contributed by atoms with Crippen molar-refractivity contribution >= 4 is 17.5 Å². The molecule has 0 aromatic carbocycles. The third-order valence-electron chi connectivity index (χ3n) is 8.97. The molecule has 4 aliphatic rings. The monoisotopic (exact) mass is 372 g/mol. The molecule has 148 valence electrons. The summed E-state index contributed by atoms with van der Waals surface area (Å²) in [5.41, 5.74) is 0.266. The molecule has 4 aliphatic carbocycles. The summed E-state index contributed by atoms with van der Waals surface area (Å²) >= 11 is 0. The van der Waals surface area contributed by atoms with Crippen molar-refractivity contribution < 1.29 is 19.1 Å². The minimum absolute atomic E-state index is 0.00650. The summed E-state index contributed by atoms with van der Waals surface area (Å²) in [6.07, 6.45) is 9.23. The number of carbonyl (C=O) groups is 3. The van der Waals surface area contributed by atoms with Crippen LogP contribution in [0, 0.1) is 28.6 Å². The molecule has 4 nitrogen and oxygen atoms in total. The summed E-state index contributed by atoms with van der Waals surface area (Å²) in [7, 11) is 0. The maximum absolute atomic E-state index is 12.7. The van der Waals surface area contributed by atoms with E-state index in [0.29, 0.717) is 30.6 Å². The molecule has 0 saturated heterocycles. The van der Waals surface area contributed by atoms with Gasteiger partial charge in [-0.1, -0.05) is 19.4 Å². The fourth-order valence-electron chi connectivity index (χ4n) is 7.62. The number of esters is 1. The Hall–Kier alpha value is -1.45. The fraction of sp³-hybridized carbons (Fsp3) is 0.783. The van der Waals surface area contributed by atoms with Crippen LogP contribution in [0.15, 0.2) is 11.6 Å². The van der Waals surface area contributed by atoms with Crippen LogP contribution >= 0.6 is 0 Å². The van der Waals surface area contributed by atoms with Gasteiger partial charge in [0, 0.05) is 18.8 Å². The van der Waals surface area contributed by atoms with Crippen molar-refractivity contribution in [3.63, 3.8) is 0 Å². The van der Waals surface area contributed by atoms with Crippen molar-refractivity contribution in [2.75, 3.05) is 0 Å². The third kappa shape index (κ3) is 2.44. The normalized spacial score (nSPS) is 46.0. The van der Waals surface area contributed by atoms with Gasteiger partial charge in [-0.3, -0.25) is 14.4 Å². The maximum Gasteiger partial charge on any atom is 0.303 e. The molecule has 3 fully saturated rings. The van der Waals surface area contributed by atoms with Crippen LogP contribution in [0.4, 0.5) is 0 Å². The van der Waals surface area contributed by atoms with Crippen molar-refractivity contribution in [2.24, 2.45) is 28.6 Å². The summed E-state index contributed by atoms with van der Waals surface area (Å²) in [5.74, 6) is 1.48.